The lowest BCUT2D eigenvalue weighted by atomic mass is 10.2. The van der Waals surface area contributed by atoms with Crippen molar-refractivity contribution in [2.75, 3.05) is 5.43 Å². The summed E-state index contributed by atoms with van der Waals surface area (Å²) in [6.07, 6.45) is 3.51. The van der Waals surface area contributed by atoms with Gasteiger partial charge in [0.1, 0.15) is 5.82 Å². The summed E-state index contributed by atoms with van der Waals surface area (Å²) in [4.78, 5) is 10.2. The van der Waals surface area contributed by atoms with E-state index in [2.05, 4.69) is 5.43 Å². The average molecular weight is 235 g/mol. The highest BCUT2D eigenvalue weighted by molar-refractivity contribution is 5.40. The van der Waals surface area contributed by atoms with Gasteiger partial charge in [-0.1, -0.05) is 0 Å². The fourth-order valence-electron chi connectivity index (χ4n) is 1.49. The minimum absolute atomic E-state index is 0.0916. The number of hydrogen-bond acceptors (Lipinski definition) is 3. The maximum atomic E-state index is 13.0. The van der Waals surface area contributed by atoms with Crippen LogP contribution in [-0.2, 0) is 6.54 Å². The maximum Gasteiger partial charge on any atom is 0.274 e. The SMILES string of the molecule is O=[N+]([O-])c1ccc(F)cc1CNn1cccc1. The summed E-state index contributed by atoms with van der Waals surface area (Å²) >= 11 is 0. The number of aromatic nitrogens is 1. The van der Waals surface area contributed by atoms with Crippen LogP contribution in [0.4, 0.5) is 10.1 Å². The van der Waals surface area contributed by atoms with Crippen LogP contribution in [0.3, 0.4) is 0 Å². The Balaban J connectivity index is 2.19. The maximum absolute atomic E-state index is 13.0. The Morgan fingerprint density at radius 3 is 2.71 bits per heavy atom. The Hall–Kier alpha value is -2.37. The van der Waals surface area contributed by atoms with Crippen LogP contribution in [0.2, 0.25) is 0 Å². The highest BCUT2D eigenvalue weighted by Crippen LogP contribution is 2.19. The van der Waals surface area contributed by atoms with E-state index in [0.717, 1.165) is 12.1 Å². The molecule has 88 valence electrons. The number of benzene rings is 1. The molecule has 2 rings (SSSR count). The number of nitro benzene ring substituents is 1. The van der Waals surface area contributed by atoms with Crippen molar-refractivity contribution in [3.05, 3.63) is 64.2 Å². The highest BCUT2D eigenvalue weighted by atomic mass is 19.1. The summed E-state index contributed by atoms with van der Waals surface area (Å²) in [5, 5.41) is 10.7. The predicted molar refractivity (Wildman–Crippen MR) is 60.6 cm³/mol. The van der Waals surface area contributed by atoms with Crippen molar-refractivity contribution < 1.29 is 9.31 Å². The smallest absolute Gasteiger partial charge is 0.274 e. The van der Waals surface area contributed by atoms with Gasteiger partial charge in [-0.15, -0.1) is 0 Å². The molecule has 0 bridgehead atoms. The first-order valence-electron chi connectivity index (χ1n) is 4.96. The van der Waals surface area contributed by atoms with E-state index >= 15 is 0 Å². The first-order valence-corrected chi connectivity index (χ1v) is 4.96. The molecule has 0 spiro atoms. The van der Waals surface area contributed by atoms with E-state index in [1.54, 1.807) is 17.1 Å². The van der Waals surface area contributed by atoms with Crippen molar-refractivity contribution in [3.8, 4) is 0 Å². The van der Waals surface area contributed by atoms with Gasteiger partial charge in [-0.3, -0.25) is 14.8 Å². The molecule has 0 aliphatic heterocycles. The lowest BCUT2D eigenvalue weighted by Gasteiger charge is -2.07. The van der Waals surface area contributed by atoms with Gasteiger partial charge in [0.25, 0.3) is 5.69 Å². The average Bonchev–Trinajstić information content (AvgIpc) is 2.78. The van der Waals surface area contributed by atoms with Crippen LogP contribution in [-0.4, -0.2) is 9.60 Å². The molecular formula is C11H10FN3O2. The second-order valence-electron chi connectivity index (χ2n) is 3.46. The highest BCUT2D eigenvalue weighted by Gasteiger charge is 2.13. The monoisotopic (exact) mass is 235 g/mol. The molecule has 0 aliphatic carbocycles. The third-order valence-corrected chi connectivity index (χ3v) is 2.29. The van der Waals surface area contributed by atoms with Crippen LogP contribution in [0.25, 0.3) is 0 Å². The molecule has 0 radical (unpaired) electrons. The molecule has 2 aromatic rings. The molecule has 6 heteroatoms. The molecule has 1 aromatic heterocycles. The Bertz CT molecular complexity index is 526. The summed E-state index contributed by atoms with van der Waals surface area (Å²) in [6, 6.07) is 7.04. The minimum Gasteiger partial charge on any atom is -0.322 e. The van der Waals surface area contributed by atoms with Crippen molar-refractivity contribution in [2.24, 2.45) is 0 Å². The van der Waals surface area contributed by atoms with Gasteiger partial charge in [0, 0.05) is 18.5 Å². The van der Waals surface area contributed by atoms with Gasteiger partial charge < -0.3 is 5.43 Å². The summed E-state index contributed by atoms with van der Waals surface area (Å²) < 4.78 is 14.7. The fraction of sp³-hybridized carbons (Fsp3) is 0.0909. The summed E-state index contributed by atoms with van der Waals surface area (Å²) in [5.41, 5.74) is 3.13. The summed E-state index contributed by atoms with van der Waals surface area (Å²) in [6.45, 7) is 0.183. The first kappa shape index (κ1) is 11.1. The molecule has 0 saturated heterocycles. The molecule has 1 aromatic carbocycles. The van der Waals surface area contributed by atoms with Crippen molar-refractivity contribution in [2.45, 2.75) is 6.54 Å². The largest absolute Gasteiger partial charge is 0.322 e. The van der Waals surface area contributed by atoms with E-state index in [1.807, 2.05) is 12.1 Å². The molecule has 0 unspecified atom stereocenters. The Labute approximate surface area is 96.6 Å². The molecule has 0 fully saturated rings. The third kappa shape index (κ3) is 2.60. The summed E-state index contributed by atoms with van der Waals surface area (Å²) in [5.74, 6) is -0.486. The van der Waals surface area contributed by atoms with Crippen molar-refractivity contribution in [1.82, 2.24) is 4.68 Å². The molecule has 1 heterocycles. The van der Waals surface area contributed by atoms with Gasteiger partial charge in [-0.2, -0.15) is 0 Å². The van der Waals surface area contributed by atoms with E-state index in [4.69, 9.17) is 0 Å². The number of nitrogens with zero attached hydrogens (tertiary/aromatic N) is 2. The summed E-state index contributed by atoms with van der Waals surface area (Å²) in [7, 11) is 0. The normalized spacial score (nSPS) is 10.2. The van der Waals surface area contributed by atoms with E-state index in [-0.39, 0.29) is 12.2 Å². The molecule has 17 heavy (non-hydrogen) atoms. The molecule has 0 saturated carbocycles. The van der Waals surface area contributed by atoms with Crippen LogP contribution in [0.15, 0.2) is 42.7 Å². The molecule has 0 atom stereocenters. The van der Waals surface area contributed by atoms with Gasteiger partial charge in [-0.05, 0) is 24.3 Å². The van der Waals surface area contributed by atoms with Gasteiger partial charge >= 0.3 is 0 Å². The van der Waals surface area contributed by atoms with Crippen molar-refractivity contribution in [1.29, 1.82) is 0 Å². The Morgan fingerprint density at radius 1 is 1.35 bits per heavy atom. The first-order chi connectivity index (χ1) is 8.16. The molecule has 0 aliphatic rings. The van der Waals surface area contributed by atoms with Gasteiger partial charge in [0.15, 0.2) is 0 Å². The van der Waals surface area contributed by atoms with Gasteiger partial charge in [0.2, 0.25) is 0 Å². The lowest BCUT2D eigenvalue weighted by Crippen LogP contribution is -2.13. The van der Waals surface area contributed by atoms with Gasteiger partial charge in [0.05, 0.1) is 17.0 Å². The molecule has 0 amide bonds. The van der Waals surface area contributed by atoms with Crippen molar-refractivity contribution in [3.63, 3.8) is 0 Å². The van der Waals surface area contributed by atoms with E-state index in [9.17, 15) is 14.5 Å². The fourth-order valence-corrected chi connectivity index (χ4v) is 1.49. The molecule has 5 nitrogen and oxygen atoms in total. The molecular weight excluding hydrogens is 225 g/mol. The van der Waals surface area contributed by atoms with Crippen LogP contribution in [0.5, 0.6) is 0 Å². The zero-order valence-electron chi connectivity index (χ0n) is 8.84. The van der Waals surface area contributed by atoms with Crippen LogP contribution in [0.1, 0.15) is 5.56 Å². The number of rotatable bonds is 4. The van der Waals surface area contributed by atoms with E-state index in [0.29, 0.717) is 5.56 Å². The standard InChI is InChI=1S/C11H10FN3O2/c12-10-3-4-11(15(16)17)9(7-10)8-13-14-5-1-2-6-14/h1-7,13H,8H2. The van der Waals surface area contributed by atoms with Crippen molar-refractivity contribution >= 4 is 5.69 Å². The number of hydrogen-bond donors (Lipinski definition) is 1. The quantitative estimate of drug-likeness (QED) is 0.653. The zero-order chi connectivity index (χ0) is 12.3. The van der Waals surface area contributed by atoms with Crippen LogP contribution >= 0.6 is 0 Å². The topological polar surface area (TPSA) is 60.1 Å². The predicted octanol–water partition coefficient (Wildman–Crippen LogP) is 2.28. The minimum atomic E-state index is -0.522. The second kappa shape index (κ2) is 4.65. The van der Waals surface area contributed by atoms with Crippen LogP contribution < -0.4 is 5.43 Å². The Morgan fingerprint density at radius 2 is 2.06 bits per heavy atom. The number of nitro groups is 1. The number of nitrogens with one attached hydrogen (secondary N) is 1. The lowest BCUT2D eigenvalue weighted by molar-refractivity contribution is -0.385. The van der Waals surface area contributed by atoms with Crippen LogP contribution in [0, 0.1) is 15.9 Å². The second-order valence-corrected chi connectivity index (χ2v) is 3.46. The third-order valence-electron chi connectivity index (χ3n) is 2.29. The van der Waals surface area contributed by atoms with E-state index < -0.39 is 10.7 Å². The van der Waals surface area contributed by atoms with E-state index in [1.165, 1.54) is 6.07 Å². The number of halogens is 1. The zero-order valence-corrected chi connectivity index (χ0v) is 8.84. The molecule has 1 N–H and O–H groups in total. The van der Waals surface area contributed by atoms with Gasteiger partial charge in [-0.25, -0.2) is 4.39 Å². The Kier molecular flexibility index (Phi) is 3.04.